The second kappa shape index (κ2) is 8.25. The lowest BCUT2D eigenvalue weighted by molar-refractivity contribution is -0.125. The molecular weight excluding hydrogens is 368 g/mol. The van der Waals surface area contributed by atoms with Crippen LogP contribution in [0.3, 0.4) is 0 Å². The number of hydrogen-bond donors (Lipinski definition) is 1. The van der Waals surface area contributed by atoms with Crippen molar-refractivity contribution in [3.8, 4) is 5.75 Å². The molecule has 2 aromatic rings. The fraction of sp³-hybridized carbons (Fsp3) is 0.391. The predicted octanol–water partition coefficient (Wildman–Crippen LogP) is 3.51. The van der Waals surface area contributed by atoms with Crippen molar-refractivity contribution in [1.82, 2.24) is 0 Å². The molecule has 0 saturated carbocycles. The number of nitrogens with zero attached hydrogens (tertiary/aromatic N) is 1. The van der Waals surface area contributed by atoms with E-state index in [1.54, 1.807) is 12.0 Å². The van der Waals surface area contributed by atoms with Gasteiger partial charge in [0.05, 0.1) is 12.5 Å². The Balaban J connectivity index is 1.59. The highest BCUT2D eigenvalue weighted by molar-refractivity contribution is 6.00. The summed E-state index contributed by atoms with van der Waals surface area (Å²) in [5, 5.41) is 3.09. The van der Waals surface area contributed by atoms with Gasteiger partial charge in [-0.25, -0.2) is 0 Å². The molecule has 0 radical (unpaired) electrons. The molecule has 2 aliphatic heterocycles. The number of nitrogens with one attached hydrogen (secondary N) is 1. The van der Waals surface area contributed by atoms with Gasteiger partial charge < -0.3 is 19.7 Å². The predicted molar refractivity (Wildman–Crippen MR) is 111 cm³/mol. The second-order valence-corrected chi connectivity index (χ2v) is 7.58. The van der Waals surface area contributed by atoms with Crippen LogP contribution >= 0.6 is 0 Å². The third-order valence-corrected chi connectivity index (χ3v) is 5.91. The summed E-state index contributed by atoms with van der Waals surface area (Å²) in [4.78, 5) is 27.3. The van der Waals surface area contributed by atoms with Gasteiger partial charge in [-0.15, -0.1) is 0 Å². The van der Waals surface area contributed by atoms with Crippen LogP contribution in [0.5, 0.6) is 5.75 Å². The molecule has 6 nitrogen and oxygen atoms in total. The highest BCUT2D eigenvalue weighted by atomic mass is 16.5. The summed E-state index contributed by atoms with van der Waals surface area (Å²) in [6.45, 7) is 1.81. The molecule has 1 N–H and O–H groups in total. The van der Waals surface area contributed by atoms with E-state index in [-0.39, 0.29) is 11.8 Å². The van der Waals surface area contributed by atoms with Crippen LogP contribution in [-0.2, 0) is 19.7 Å². The zero-order valence-corrected chi connectivity index (χ0v) is 16.6. The van der Waals surface area contributed by atoms with Crippen LogP contribution in [0, 0.1) is 0 Å². The van der Waals surface area contributed by atoms with E-state index in [0.29, 0.717) is 38.2 Å². The van der Waals surface area contributed by atoms with Crippen molar-refractivity contribution in [3.05, 3.63) is 54.1 Å². The summed E-state index contributed by atoms with van der Waals surface area (Å²) >= 11 is 0. The molecule has 2 aliphatic rings. The molecule has 6 heteroatoms. The maximum absolute atomic E-state index is 13.5. The Bertz CT molecular complexity index is 888. The van der Waals surface area contributed by atoms with Gasteiger partial charge in [0.15, 0.2) is 0 Å². The molecule has 29 heavy (non-hydrogen) atoms. The lowest BCUT2D eigenvalue weighted by Crippen LogP contribution is -2.44. The first-order valence-electron chi connectivity index (χ1n) is 10.1. The maximum atomic E-state index is 13.5. The number of ether oxygens (including phenoxy) is 2. The third-order valence-electron chi connectivity index (χ3n) is 5.91. The summed E-state index contributed by atoms with van der Waals surface area (Å²) in [5.41, 5.74) is 1.84. The molecule has 2 heterocycles. The van der Waals surface area contributed by atoms with E-state index >= 15 is 0 Å². The van der Waals surface area contributed by atoms with E-state index in [0.717, 1.165) is 30.0 Å². The van der Waals surface area contributed by atoms with Crippen molar-refractivity contribution in [1.29, 1.82) is 0 Å². The molecule has 152 valence electrons. The highest BCUT2D eigenvalue weighted by Crippen LogP contribution is 2.37. The van der Waals surface area contributed by atoms with E-state index in [1.807, 2.05) is 48.5 Å². The van der Waals surface area contributed by atoms with Gasteiger partial charge in [-0.05, 0) is 55.2 Å². The molecule has 0 aromatic heterocycles. The van der Waals surface area contributed by atoms with Gasteiger partial charge in [0.2, 0.25) is 11.8 Å². The summed E-state index contributed by atoms with van der Waals surface area (Å²) in [7, 11) is 1.63. The smallest absolute Gasteiger partial charge is 0.235 e. The van der Waals surface area contributed by atoms with Crippen LogP contribution in [-0.4, -0.2) is 38.7 Å². The third kappa shape index (κ3) is 3.85. The minimum absolute atomic E-state index is 0.0455. The topological polar surface area (TPSA) is 67.9 Å². The van der Waals surface area contributed by atoms with Crippen molar-refractivity contribution in [2.75, 3.05) is 37.1 Å². The number of carbonyl (C=O) groups is 2. The number of methoxy groups -OCH3 is 1. The summed E-state index contributed by atoms with van der Waals surface area (Å²) in [5.74, 6) is 0.850. The minimum Gasteiger partial charge on any atom is -0.497 e. The Kier molecular flexibility index (Phi) is 5.53. The van der Waals surface area contributed by atoms with Gasteiger partial charge in [0, 0.05) is 37.6 Å². The Morgan fingerprint density at radius 3 is 2.55 bits per heavy atom. The number of hydrogen-bond acceptors (Lipinski definition) is 4. The van der Waals surface area contributed by atoms with E-state index in [9.17, 15) is 9.59 Å². The molecule has 0 aliphatic carbocycles. The monoisotopic (exact) mass is 394 g/mol. The van der Waals surface area contributed by atoms with Gasteiger partial charge in [-0.1, -0.05) is 18.2 Å². The summed E-state index contributed by atoms with van der Waals surface area (Å²) in [6, 6.07) is 15.2. The lowest BCUT2D eigenvalue weighted by atomic mass is 9.73. The lowest BCUT2D eigenvalue weighted by Gasteiger charge is -2.36. The highest BCUT2D eigenvalue weighted by Gasteiger charge is 2.41. The molecule has 2 amide bonds. The van der Waals surface area contributed by atoms with Crippen molar-refractivity contribution in [2.45, 2.75) is 31.1 Å². The normalized spacial score (nSPS) is 18.5. The standard InChI is InChI=1S/C23H26N2O4/c1-28-20-9-7-17(8-10-20)23(11-14-29-15-12-23)22(27)24-18-4-2-5-19(16-18)25-13-3-6-21(25)26/h2,4-5,7-10,16H,3,6,11-15H2,1H3,(H,24,27). The zero-order chi connectivity index (χ0) is 20.3. The van der Waals surface area contributed by atoms with Crippen LogP contribution in [0.15, 0.2) is 48.5 Å². The fourth-order valence-electron chi connectivity index (χ4n) is 4.20. The van der Waals surface area contributed by atoms with E-state index in [1.165, 1.54) is 0 Å². The van der Waals surface area contributed by atoms with E-state index in [2.05, 4.69) is 5.32 Å². The maximum Gasteiger partial charge on any atom is 0.235 e. The minimum atomic E-state index is -0.649. The van der Waals surface area contributed by atoms with Crippen molar-refractivity contribution >= 4 is 23.2 Å². The molecule has 2 saturated heterocycles. The zero-order valence-electron chi connectivity index (χ0n) is 16.6. The Morgan fingerprint density at radius 1 is 1.14 bits per heavy atom. The van der Waals surface area contributed by atoms with Crippen molar-refractivity contribution < 1.29 is 19.1 Å². The average Bonchev–Trinajstić information content (AvgIpc) is 3.20. The van der Waals surface area contributed by atoms with Gasteiger partial charge in [0.25, 0.3) is 0 Å². The number of rotatable bonds is 5. The van der Waals surface area contributed by atoms with Crippen LogP contribution in [0.1, 0.15) is 31.2 Å². The molecule has 2 aromatic carbocycles. The first kappa shape index (κ1) is 19.5. The molecular formula is C23H26N2O4. The number of carbonyl (C=O) groups excluding carboxylic acids is 2. The summed E-state index contributed by atoms with van der Waals surface area (Å²) in [6.07, 6.45) is 2.69. The first-order chi connectivity index (χ1) is 14.1. The number of amides is 2. The fourth-order valence-corrected chi connectivity index (χ4v) is 4.20. The number of benzene rings is 2. The molecule has 0 atom stereocenters. The van der Waals surface area contributed by atoms with Crippen LogP contribution in [0.4, 0.5) is 11.4 Å². The molecule has 2 fully saturated rings. The SMILES string of the molecule is COc1ccc(C2(C(=O)Nc3cccc(N4CCCC4=O)c3)CCOCC2)cc1. The van der Waals surface area contributed by atoms with E-state index in [4.69, 9.17) is 9.47 Å². The van der Waals surface area contributed by atoms with Crippen molar-refractivity contribution in [3.63, 3.8) is 0 Å². The Morgan fingerprint density at radius 2 is 1.90 bits per heavy atom. The summed E-state index contributed by atoms with van der Waals surface area (Å²) < 4.78 is 10.8. The number of anilines is 2. The first-order valence-corrected chi connectivity index (χ1v) is 10.1. The average molecular weight is 394 g/mol. The van der Waals surface area contributed by atoms with Gasteiger partial charge in [-0.3, -0.25) is 9.59 Å². The van der Waals surface area contributed by atoms with Crippen molar-refractivity contribution in [2.24, 2.45) is 0 Å². The van der Waals surface area contributed by atoms with Crippen LogP contribution < -0.4 is 15.0 Å². The van der Waals surface area contributed by atoms with Crippen LogP contribution in [0.2, 0.25) is 0 Å². The molecule has 0 bridgehead atoms. The second-order valence-electron chi connectivity index (χ2n) is 7.58. The van der Waals surface area contributed by atoms with Gasteiger partial charge in [0.1, 0.15) is 5.75 Å². The molecule has 0 spiro atoms. The van der Waals surface area contributed by atoms with Gasteiger partial charge in [-0.2, -0.15) is 0 Å². The molecule has 4 rings (SSSR count). The van der Waals surface area contributed by atoms with Gasteiger partial charge >= 0.3 is 0 Å². The molecule has 0 unspecified atom stereocenters. The largest absolute Gasteiger partial charge is 0.497 e. The Hall–Kier alpha value is -2.86. The Labute approximate surface area is 170 Å². The van der Waals surface area contributed by atoms with Crippen LogP contribution in [0.25, 0.3) is 0 Å². The van der Waals surface area contributed by atoms with E-state index < -0.39 is 5.41 Å². The quantitative estimate of drug-likeness (QED) is 0.843.